The highest BCUT2D eigenvalue weighted by Gasteiger charge is 2.28. The molecule has 34 heavy (non-hydrogen) atoms. The Balaban J connectivity index is 1.40. The van der Waals surface area contributed by atoms with Crippen molar-refractivity contribution in [1.29, 1.82) is 0 Å². The molecule has 0 bridgehead atoms. The van der Waals surface area contributed by atoms with Crippen LogP contribution in [0.3, 0.4) is 0 Å². The predicted octanol–water partition coefficient (Wildman–Crippen LogP) is 3.37. The van der Waals surface area contributed by atoms with Gasteiger partial charge in [-0.25, -0.2) is 9.97 Å². The van der Waals surface area contributed by atoms with Crippen LogP contribution in [0.4, 0.5) is 5.82 Å². The van der Waals surface area contributed by atoms with Crippen LogP contribution in [-0.4, -0.2) is 33.5 Å². The van der Waals surface area contributed by atoms with Crippen LogP contribution in [-0.2, 0) is 17.9 Å². The quantitative estimate of drug-likeness (QED) is 0.484. The van der Waals surface area contributed by atoms with Gasteiger partial charge in [0.15, 0.2) is 11.5 Å². The Morgan fingerprint density at radius 2 is 1.71 bits per heavy atom. The van der Waals surface area contributed by atoms with E-state index in [1.54, 1.807) is 10.8 Å². The van der Waals surface area contributed by atoms with Crippen LogP contribution < -0.4 is 15.8 Å². The Morgan fingerprint density at radius 3 is 2.47 bits per heavy atom. The molecule has 7 heteroatoms. The van der Waals surface area contributed by atoms with Crippen molar-refractivity contribution in [3.8, 4) is 0 Å². The number of hydrogen-bond acceptors (Lipinski definition) is 5. The first-order valence-corrected chi connectivity index (χ1v) is 11.6. The number of carbonyl (C=O) groups is 1. The molecule has 0 aliphatic carbocycles. The third kappa shape index (κ3) is 4.69. The molecule has 4 aromatic rings. The van der Waals surface area contributed by atoms with Gasteiger partial charge in [0.2, 0.25) is 5.91 Å². The molecule has 2 aromatic carbocycles. The molecule has 0 radical (unpaired) electrons. The van der Waals surface area contributed by atoms with Crippen molar-refractivity contribution in [2.75, 3.05) is 18.0 Å². The molecule has 172 valence electrons. The summed E-state index contributed by atoms with van der Waals surface area (Å²) in [6, 6.07) is 23.4. The van der Waals surface area contributed by atoms with Crippen LogP contribution in [0.5, 0.6) is 0 Å². The molecule has 2 aromatic heterocycles. The monoisotopic (exact) mass is 453 g/mol. The molecule has 7 nitrogen and oxygen atoms in total. The van der Waals surface area contributed by atoms with Crippen molar-refractivity contribution >= 4 is 22.9 Å². The number of rotatable bonds is 6. The Kier molecular flexibility index (Phi) is 6.33. The molecular weight excluding hydrogens is 426 g/mol. The van der Waals surface area contributed by atoms with E-state index in [0.717, 1.165) is 24.0 Å². The van der Waals surface area contributed by atoms with E-state index in [9.17, 15) is 9.59 Å². The molecule has 1 fully saturated rings. The minimum Gasteiger partial charge on any atom is -0.352 e. The van der Waals surface area contributed by atoms with E-state index in [0.29, 0.717) is 43.2 Å². The molecule has 5 rings (SSSR count). The highest BCUT2D eigenvalue weighted by Crippen LogP contribution is 2.22. The Hall–Kier alpha value is -4.00. The molecule has 1 saturated heterocycles. The first-order valence-electron chi connectivity index (χ1n) is 11.6. The number of carbonyl (C=O) groups excluding carboxylic acids is 1. The lowest BCUT2D eigenvalue weighted by molar-refractivity contribution is -0.125. The fraction of sp³-hybridized carbons (Fsp3) is 0.259. The third-order valence-corrected chi connectivity index (χ3v) is 6.27. The van der Waals surface area contributed by atoms with Gasteiger partial charge in [-0.1, -0.05) is 60.7 Å². The van der Waals surface area contributed by atoms with Crippen LogP contribution in [0.2, 0.25) is 0 Å². The van der Waals surface area contributed by atoms with Crippen molar-refractivity contribution in [2.45, 2.75) is 25.9 Å². The Morgan fingerprint density at radius 1 is 0.971 bits per heavy atom. The largest absolute Gasteiger partial charge is 0.352 e. The van der Waals surface area contributed by atoms with Gasteiger partial charge in [0.05, 0.1) is 12.5 Å². The number of nitrogens with one attached hydrogen (secondary N) is 1. The summed E-state index contributed by atoms with van der Waals surface area (Å²) in [6.07, 6.45) is 3.30. The summed E-state index contributed by atoms with van der Waals surface area (Å²) in [5, 5.41) is 3.05. The molecule has 1 aliphatic heterocycles. The van der Waals surface area contributed by atoms with E-state index >= 15 is 0 Å². The number of nitrogens with zero attached hydrogens (tertiary/aromatic N) is 4. The van der Waals surface area contributed by atoms with Gasteiger partial charge >= 0.3 is 0 Å². The summed E-state index contributed by atoms with van der Waals surface area (Å²) in [5.74, 6) is 0.212. The van der Waals surface area contributed by atoms with Gasteiger partial charge in [0.25, 0.3) is 5.56 Å². The van der Waals surface area contributed by atoms with Gasteiger partial charge in [-0.3, -0.25) is 14.2 Å². The lowest BCUT2D eigenvalue weighted by atomic mass is 9.97. The van der Waals surface area contributed by atoms with Gasteiger partial charge < -0.3 is 10.2 Å². The van der Waals surface area contributed by atoms with Crippen LogP contribution in [0.25, 0.3) is 11.2 Å². The Bertz CT molecular complexity index is 1340. The minimum absolute atomic E-state index is 0.0145. The van der Waals surface area contributed by atoms with E-state index in [2.05, 4.69) is 15.3 Å². The van der Waals surface area contributed by atoms with Gasteiger partial charge in [-0.15, -0.1) is 0 Å². The standard InChI is InChI=1S/C27H27N5O2/c33-26(29-17-20-9-3-1-4-10-20)22-13-8-16-31(19-22)25-27(34)32(18-21-11-5-2-6-12-21)24-23(30-25)14-7-15-28-24/h1-7,9-12,14-15,22H,8,13,16-19H2,(H,29,33). The maximum Gasteiger partial charge on any atom is 0.295 e. The number of hydrogen-bond donors (Lipinski definition) is 1. The zero-order valence-corrected chi connectivity index (χ0v) is 18.9. The number of amides is 1. The summed E-state index contributed by atoms with van der Waals surface area (Å²) in [5.41, 5.74) is 3.14. The van der Waals surface area contributed by atoms with E-state index in [-0.39, 0.29) is 17.4 Å². The second-order valence-electron chi connectivity index (χ2n) is 8.65. The molecule has 1 amide bonds. The first kappa shape index (κ1) is 21.8. The number of aromatic nitrogens is 3. The fourth-order valence-electron chi connectivity index (χ4n) is 4.49. The number of pyridine rings is 1. The number of piperidine rings is 1. The smallest absolute Gasteiger partial charge is 0.295 e. The normalized spacial score (nSPS) is 15.9. The van der Waals surface area contributed by atoms with E-state index < -0.39 is 0 Å². The highest BCUT2D eigenvalue weighted by atomic mass is 16.2. The van der Waals surface area contributed by atoms with Crippen molar-refractivity contribution < 1.29 is 4.79 Å². The fourth-order valence-corrected chi connectivity index (χ4v) is 4.49. The van der Waals surface area contributed by atoms with Gasteiger partial charge in [0.1, 0.15) is 5.52 Å². The second kappa shape index (κ2) is 9.87. The van der Waals surface area contributed by atoms with E-state index in [4.69, 9.17) is 0 Å². The van der Waals surface area contributed by atoms with E-state index in [1.807, 2.05) is 77.7 Å². The number of fused-ring (bicyclic) bond motifs is 1. The number of benzene rings is 2. The summed E-state index contributed by atoms with van der Waals surface area (Å²) >= 11 is 0. The van der Waals surface area contributed by atoms with Gasteiger partial charge in [-0.2, -0.15) is 0 Å². The van der Waals surface area contributed by atoms with Crippen molar-refractivity contribution in [3.63, 3.8) is 0 Å². The average molecular weight is 454 g/mol. The SMILES string of the molecule is O=C(NCc1ccccc1)C1CCCN(c2nc3cccnc3n(Cc3ccccc3)c2=O)C1. The lowest BCUT2D eigenvalue weighted by Crippen LogP contribution is -2.45. The minimum atomic E-state index is -0.189. The van der Waals surface area contributed by atoms with Crippen LogP contribution in [0.15, 0.2) is 83.8 Å². The van der Waals surface area contributed by atoms with Crippen molar-refractivity contribution in [1.82, 2.24) is 19.9 Å². The zero-order valence-electron chi connectivity index (χ0n) is 18.9. The van der Waals surface area contributed by atoms with Crippen LogP contribution >= 0.6 is 0 Å². The second-order valence-corrected chi connectivity index (χ2v) is 8.65. The maximum absolute atomic E-state index is 13.6. The van der Waals surface area contributed by atoms with Crippen LogP contribution in [0, 0.1) is 5.92 Å². The summed E-state index contributed by atoms with van der Waals surface area (Å²) < 4.78 is 1.69. The molecule has 1 unspecified atom stereocenters. The topological polar surface area (TPSA) is 80.1 Å². The van der Waals surface area contributed by atoms with Crippen molar-refractivity contribution in [2.24, 2.45) is 5.92 Å². The average Bonchev–Trinajstić information content (AvgIpc) is 2.90. The Labute approximate surface area is 198 Å². The zero-order chi connectivity index (χ0) is 23.3. The molecule has 1 atom stereocenters. The van der Waals surface area contributed by atoms with E-state index in [1.165, 1.54) is 0 Å². The highest BCUT2D eigenvalue weighted by molar-refractivity contribution is 5.79. The predicted molar refractivity (Wildman–Crippen MR) is 133 cm³/mol. The lowest BCUT2D eigenvalue weighted by Gasteiger charge is -2.32. The summed E-state index contributed by atoms with van der Waals surface area (Å²) in [7, 11) is 0. The summed E-state index contributed by atoms with van der Waals surface area (Å²) in [4.78, 5) is 37.6. The maximum atomic E-state index is 13.6. The molecule has 0 saturated carbocycles. The third-order valence-electron chi connectivity index (χ3n) is 6.27. The first-order chi connectivity index (χ1) is 16.7. The van der Waals surface area contributed by atoms with Gasteiger partial charge in [-0.05, 0) is 36.1 Å². The van der Waals surface area contributed by atoms with Crippen molar-refractivity contribution in [3.05, 3.63) is 100 Å². The van der Waals surface area contributed by atoms with Crippen LogP contribution in [0.1, 0.15) is 24.0 Å². The number of anilines is 1. The molecular formula is C27H27N5O2. The molecule has 1 N–H and O–H groups in total. The molecule has 3 heterocycles. The molecule has 0 spiro atoms. The summed E-state index contributed by atoms with van der Waals surface area (Å²) in [6.45, 7) is 2.08. The van der Waals surface area contributed by atoms with Gasteiger partial charge in [0, 0.05) is 25.8 Å². The molecule has 1 aliphatic rings.